The van der Waals surface area contributed by atoms with Gasteiger partial charge in [0.25, 0.3) is 0 Å². The van der Waals surface area contributed by atoms with Gasteiger partial charge in [-0.15, -0.1) is 0 Å². The highest BCUT2D eigenvalue weighted by Crippen LogP contribution is 2.20. The minimum Gasteiger partial charge on any atom is -0.391 e. The fraction of sp³-hybridized carbons (Fsp3) is 0.923. The van der Waals surface area contributed by atoms with Gasteiger partial charge >= 0.3 is 0 Å². The number of aliphatic hydroxyl groups excluding tert-OH is 1. The van der Waals surface area contributed by atoms with Crippen molar-refractivity contribution in [2.45, 2.75) is 26.9 Å². The van der Waals surface area contributed by atoms with Gasteiger partial charge in [-0.25, -0.2) is 0 Å². The predicted octanol–water partition coefficient (Wildman–Crippen LogP) is 0.901. The van der Waals surface area contributed by atoms with Crippen molar-refractivity contribution in [1.82, 2.24) is 9.80 Å². The monoisotopic (exact) mass is 274 g/mol. The van der Waals surface area contributed by atoms with Crippen LogP contribution in [0.3, 0.4) is 0 Å². The Balaban J connectivity index is 2.33. The van der Waals surface area contributed by atoms with E-state index in [1.807, 2.05) is 11.2 Å². The molecule has 106 valence electrons. The Morgan fingerprint density at radius 3 is 2.28 bits per heavy atom. The van der Waals surface area contributed by atoms with Crippen LogP contribution in [0.15, 0.2) is 0 Å². The van der Waals surface area contributed by atoms with Crippen molar-refractivity contribution in [1.29, 1.82) is 0 Å². The molecule has 1 N–H and O–H groups in total. The fourth-order valence-electron chi connectivity index (χ4n) is 1.91. The molecule has 1 amide bonds. The molecule has 1 aliphatic heterocycles. The number of nitrogens with zero attached hydrogens (tertiary/aromatic N) is 2. The third-order valence-electron chi connectivity index (χ3n) is 3.42. The Hall–Kier alpha value is -0.260. The third kappa shape index (κ3) is 4.78. The smallest absolute Gasteiger partial charge is 0.232 e. The molecule has 1 fully saturated rings. The fourth-order valence-corrected chi connectivity index (χ4v) is 2.34. The van der Waals surface area contributed by atoms with E-state index < -0.39 is 0 Å². The second kappa shape index (κ2) is 6.78. The zero-order valence-electron chi connectivity index (χ0n) is 12.0. The van der Waals surface area contributed by atoms with E-state index in [0.29, 0.717) is 12.3 Å². The molecule has 0 aromatic rings. The number of amides is 1. The molecule has 5 heteroatoms. The minimum absolute atomic E-state index is 0.0776. The molecule has 0 unspecified atom stereocenters. The van der Waals surface area contributed by atoms with Crippen LogP contribution in [0.5, 0.6) is 0 Å². The molecular formula is C13H26N2O2S. The number of carbonyl (C=O) groups excluding carboxylic acids is 1. The zero-order valence-corrected chi connectivity index (χ0v) is 12.8. The van der Waals surface area contributed by atoms with E-state index in [9.17, 15) is 9.90 Å². The van der Waals surface area contributed by atoms with Crippen molar-refractivity contribution in [2.24, 2.45) is 5.41 Å². The molecule has 1 heterocycles. The Kier molecular flexibility index (Phi) is 5.95. The molecule has 0 spiro atoms. The minimum atomic E-state index is -0.314. The van der Waals surface area contributed by atoms with Crippen LogP contribution in [0.25, 0.3) is 0 Å². The van der Waals surface area contributed by atoms with Gasteiger partial charge < -0.3 is 10.0 Å². The van der Waals surface area contributed by atoms with Crippen LogP contribution >= 0.6 is 11.8 Å². The van der Waals surface area contributed by atoms with Gasteiger partial charge in [0.15, 0.2) is 0 Å². The molecule has 18 heavy (non-hydrogen) atoms. The van der Waals surface area contributed by atoms with Crippen molar-refractivity contribution in [2.75, 3.05) is 44.7 Å². The van der Waals surface area contributed by atoms with Gasteiger partial charge in [-0.3, -0.25) is 9.69 Å². The molecule has 0 aromatic carbocycles. The van der Waals surface area contributed by atoms with Crippen LogP contribution in [0.4, 0.5) is 0 Å². The highest BCUT2D eigenvalue weighted by molar-refractivity contribution is 7.99. The summed E-state index contributed by atoms with van der Waals surface area (Å²) in [6.45, 7) is 10.2. The SMILES string of the molecule is CSCC(=O)N1CCN(C[C@H](O)C(C)(C)C)CC1. The average molecular weight is 274 g/mol. The first kappa shape index (κ1) is 15.8. The van der Waals surface area contributed by atoms with Crippen LogP contribution in [-0.4, -0.2) is 71.6 Å². The summed E-state index contributed by atoms with van der Waals surface area (Å²) in [5, 5.41) is 10.1. The summed E-state index contributed by atoms with van der Waals surface area (Å²) in [5.41, 5.74) is -0.0776. The van der Waals surface area contributed by atoms with E-state index >= 15 is 0 Å². The van der Waals surface area contributed by atoms with Gasteiger partial charge in [0.1, 0.15) is 0 Å². The molecule has 0 saturated carbocycles. The number of hydrogen-bond donors (Lipinski definition) is 1. The van der Waals surface area contributed by atoms with E-state index in [1.54, 1.807) is 11.8 Å². The first-order valence-corrected chi connectivity index (χ1v) is 7.91. The molecule has 0 aromatic heterocycles. The van der Waals surface area contributed by atoms with Gasteiger partial charge in [0, 0.05) is 32.7 Å². The quantitative estimate of drug-likeness (QED) is 0.827. The molecule has 1 rings (SSSR count). The second-order valence-electron chi connectivity index (χ2n) is 6.00. The largest absolute Gasteiger partial charge is 0.391 e. The number of aliphatic hydroxyl groups is 1. The molecule has 1 saturated heterocycles. The van der Waals surface area contributed by atoms with E-state index in [-0.39, 0.29) is 17.4 Å². The number of rotatable bonds is 4. The normalized spacial score (nSPS) is 19.9. The summed E-state index contributed by atoms with van der Waals surface area (Å²) in [6.07, 6.45) is 1.64. The van der Waals surface area contributed by atoms with E-state index in [0.717, 1.165) is 26.2 Å². The Bertz CT molecular complexity index is 271. The summed E-state index contributed by atoms with van der Waals surface area (Å²) in [6, 6.07) is 0. The van der Waals surface area contributed by atoms with Gasteiger partial charge in [-0.2, -0.15) is 11.8 Å². The van der Waals surface area contributed by atoms with Gasteiger partial charge in [0.05, 0.1) is 11.9 Å². The van der Waals surface area contributed by atoms with Crippen molar-refractivity contribution in [3.8, 4) is 0 Å². The third-order valence-corrected chi connectivity index (χ3v) is 3.96. The van der Waals surface area contributed by atoms with E-state index in [4.69, 9.17) is 0 Å². The maximum absolute atomic E-state index is 11.7. The van der Waals surface area contributed by atoms with Crippen LogP contribution in [0.1, 0.15) is 20.8 Å². The number of piperazine rings is 1. The predicted molar refractivity (Wildman–Crippen MR) is 76.9 cm³/mol. The Morgan fingerprint density at radius 2 is 1.83 bits per heavy atom. The number of carbonyl (C=O) groups is 1. The standard InChI is InChI=1S/C13H26N2O2S/c1-13(2,3)11(16)9-14-5-7-15(8-6-14)12(17)10-18-4/h11,16H,5-10H2,1-4H3/t11-/m0/s1. The van der Waals surface area contributed by atoms with Crippen LogP contribution in [-0.2, 0) is 4.79 Å². The van der Waals surface area contributed by atoms with Gasteiger partial charge in [-0.1, -0.05) is 20.8 Å². The zero-order chi connectivity index (χ0) is 13.8. The summed E-state index contributed by atoms with van der Waals surface area (Å²) in [5.74, 6) is 0.809. The lowest BCUT2D eigenvalue weighted by Gasteiger charge is -2.38. The molecular weight excluding hydrogens is 248 g/mol. The first-order valence-electron chi connectivity index (χ1n) is 6.51. The molecule has 1 aliphatic rings. The Morgan fingerprint density at radius 1 is 1.28 bits per heavy atom. The summed E-state index contributed by atoms with van der Waals surface area (Å²) >= 11 is 1.57. The molecule has 0 aliphatic carbocycles. The van der Waals surface area contributed by atoms with Gasteiger partial charge in [0.2, 0.25) is 5.91 Å². The average Bonchev–Trinajstić information content (AvgIpc) is 2.29. The lowest BCUT2D eigenvalue weighted by atomic mass is 9.89. The Labute approximate surface area is 115 Å². The lowest BCUT2D eigenvalue weighted by molar-refractivity contribution is -0.130. The summed E-state index contributed by atoms with van der Waals surface area (Å²) in [4.78, 5) is 15.9. The van der Waals surface area contributed by atoms with E-state index in [2.05, 4.69) is 25.7 Å². The topological polar surface area (TPSA) is 43.8 Å². The number of hydrogen-bond acceptors (Lipinski definition) is 4. The van der Waals surface area contributed by atoms with Crippen LogP contribution < -0.4 is 0 Å². The number of thioether (sulfide) groups is 1. The number of β-amino-alcohol motifs (C(OH)–C–C–N with tert-alkyl or cyclic N) is 1. The molecule has 0 bridgehead atoms. The highest BCUT2D eigenvalue weighted by Gasteiger charge is 2.27. The van der Waals surface area contributed by atoms with Crippen LogP contribution in [0, 0.1) is 5.41 Å². The molecule has 0 radical (unpaired) electrons. The van der Waals surface area contributed by atoms with Crippen molar-refractivity contribution in [3.63, 3.8) is 0 Å². The second-order valence-corrected chi connectivity index (χ2v) is 6.86. The van der Waals surface area contributed by atoms with Crippen molar-refractivity contribution < 1.29 is 9.90 Å². The maximum atomic E-state index is 11.7. The highest BCUT2D eigenvalue weighted by atomic mass is 32.2. The summed E-state index contributed by atoms with van der Waals surface area (Å²) in [7, 11) is 0. The maximum Gasteiger partial charge on any atom is 0.232 e. The first-order chi connectivity index (χ1) is 8.34. The van der Waals surface area contributed by atoms with E-state index in [1.165, 1.54) is 0 Å². The van der Waals surface area contributed by atoms with Gasteiger partial charge in [-0.05, 0) is 11.7 Å². The molecule has 4 nitrogen and oxygen atoms in total. The molecule has 1 atom stereocenters. The summed E-state index contributed by atoms with van der Waals surface area (Å²) < 4.78 is 0. The van der Waals surface area contributed by atoms with Crippen LogP contribution in [0.2, 0.25) is 0 Å². The lowest BCUT2D eigenvalue weighted by Crippen LogP contribution is -2.52. The van der Waals surface area contributed by atoms with Crippen molar-refractivity contribution in [3.05, 3.63) is 0 Å². The van der Waals surface area contributed by atoms with Crippen molar-refractivity contribution >= 4 is 17.7 Å².